The van der Waals surface area contributed by atoms with E-state index in [0.717, 1.165) is 6.42 Å². The molecule has 0 radical (unpaired) electrons. The van der Waals surface area contributed by atoms with Gasteiger partial charge in [0, 0.05) is 37.4 Å². The molecule has 0 spiro atoms. The van der Waals surface area contributed by atoms with Crippen LogP contribution in [0, 0.1) is 5.92 Å². The van der Waals surface area contributed by atoms with Gasteiger partial charge in [0.2, 0.25) is 5.91 Å². The van der Waals surface area contributed by atoms with Gasteiger partial charge >= 0.3 is 0 Å². The summed E-state index contributed by atoms with van der Waals surface area (Å²) >= 11 is 0. The van der Waals surface area contributed by atoms with E-state index >= 15 is 0 Å². The maximum absolute atomic E-state index is 11.9. The fourth-order valence-electron chi connectivity index (χ4n) is 2.14. The molecule has 0 aliphatic rings. The number of nitrogens with zero attached hydrogens (tertiary/aromatic N) is 2. The molecule has 5 heteroatoms. The molecular formula is C13H24N4O. The van der Waals surface area contributed by atoms with Gasteiger partial charge in [0.15, 0.2) is 0 Å². The van der Waals surface area contributed by atoms with E-state index in [9.17, 15) is 4.79 Å². The summed E-state index contributed by atoms with van der Waals surface area (Å²) < 4.78 is 1.89. The molecule has 18 heavy (non-hydrogen) atoms. The standard InChI is InChI=1S/C13H24N4O/c1-11(2)8-13(3,9-14)16-12(18)4-6-17-7-5-15-10-17/h5,7,10-11H,4,6,8-9,14H2,1-3H3,(H,16,18). The molecule has 3 N–H and O–H groups in total. The van der Waals surface area contributed by atoms with Gasteiger partial charge in [0.1, 0.15) is 0 Å². The number of aryl methyl sites for hydroxylation is 1. The van der Waals surface area contributed by atoms with Crippen LogP contribution >= 0.6 is 0 Å². The van der Waals surface area contributed by atoms with Crippen LogP contribution in [0.1, 0.15) is 33.6 Å². The van der Waals surface area contributed by atoms with Crippen LogP contribution in [0.15, 0.2) is 18.7 Å². The fraction of sp³-hybridized carbons (Fsp3) is 0.692. The van der Waals surface area contributed by atoms with Crippen LogP contribution < -0.4 is 11.1 Å². The van der Waals surface area contributed by atoms with Gasteiger partial charge in [0.25, 0.3) is 0 Å². The van der Waals surface area contributed by atoms with E-state index in [1.54, 1.807) is 12.5 Å². The Morgan fingerprint density at radius 2 is 2.28 bits per heavy atom. The molecule has 1 heterocycles. The van der Waals surface area contributed by atoms with Crippen LogP contribution in [0.5, 0.6) is 0 Å². The van der Waals surface area contributed by atoms with Crippen LogP contribution in [0.3, 0.4) is 0 Å². The van der Waals surface area contributed by atoms with E-state index in [-0.39, 0.29) is 11.4 Å². The molecule has 0 saturated carbocycles. The van der Waals surface area contributed by atoms with Gasteiger partial charge in [0.05, 0.1) is 6.33 Å². The van der Waals surface area contributed by atoms with E-state index in [2.05, 4.69) is 24.1 Å². The first kappa shape index (κ1) is 14.7. The summed E-state index contributed by atoms with van der Waals surface area (Å²) in [5.41, 5.74) is 5.46. The molecule has 1 unspecified atom stereocenters. The third-order valence-electron chi connectivity index (χ3n) is 2.91. The Morgan fingerprint density at radius 3 is 2.78 bits per heavy atom. The minimum atomic E-state index is -0.305. The molecule has 5 nitrogen and oxygen atoms in total. The Morgan fingerprint density at radius 1 is 1.56 bits per heavy atom. The minimum Gasteiger partial charge on any atom is -0.350 e. The molecule has 0 fully saturated rings. The SMILES string of the molecule is CC(C)CC(C)(CN)NC(=O)CCn1ccnc1. The van der Waals surface area contributed by atoms with Crippen molar-refractivity contribution in [2.45, 2.75) is 45.7 Å². The van der Waals surface area contributed by atoms with E-state index < -0.39 is 0 Å². The highest BCUT2D eigenvalue weighted by Crippen LogP contribution is 2.15. The summed E-state index contributed by atoms with van der Waals surface area (Å²) in [7, 11) is 0. The van der Waals surface area contributed by atoms with Crippen molar-refractivity contribution in [2.75, 3.05) is 6.54 Å². The van der Waals surface area contributed by atoms with Gasteiger partial charge in [-0.15, -0.1) is 0 Å². The van der Waals surface area contributed by atoms with Crippen molar-refractivity contribution in [2.24, 2.45) is 11.7 Å². The smallest absolute Gasteiger partial charge is 0.222 e. The Kier molecular flexibility index (Phi) is 5.34. The molecule has 0 bridgehead atoms. The third-order valence-corrected chi connectivity index (χ3v) is 2.91. The number of nitrogens with one attached hydrogen (secondary N) is 1. The lowest BCUT2D eigenvalue weighted by Crippen LogP contribution is -2.52. The molecular weight excluding hydrogens is 228 g/mol. The number of amides is 1. The molecule has 1 aromatic rings. The van der Waals surface area contributed by atoms with Crippen LogP contribution in [0.4, 0.5) is 0 Å². The highest BCUT2D eigenvalue weighted by atomic mass is 16.1. The van der Waals surface area contributed by atoms with Gasteiger partial charge in [-0.3, -0.25) is 4.79 Å². The number of aromatic nitrogens is 2. The topological polar surface area (TPSA) is 72.9 Å². The van der Waals surface area contributed by atoms with E-state index in [1.165, 1.54) is 0 Å². The zero-order valence-electron chi connectivity index (χ0n) is 11.5. The van der Waals surface area contributed by atoms with Crippen LogP contribution in [-0.2, 0) is 11.3 Å². The summed E-state index contributed by atoms with van der Waals surface area (Å²) in [5, 5.41) is 3.04. The largest absolute Gasteiger partial charge is 0.350 e. The average Bonchev–Trinajstić information content (AvgIpc) is 2.78. The Bertz CT molecular complexity index is 361. The zero-order chi connectivity index (χ0) is 13.6. The lowest BCUT2D eigenvalue weighted by molar-refractivity contribution is -0.123. The highest BCUT2D eigenvalue weighted by molar-refractivity contribution is 5.76. The lowest BCUT2D eigenvalue weighted by atomic mass is 9.90. The Hall–Kier alpha value is -1.36. The maximum Gasteiger partial charge on any atom is 0.222 e. The zero-order valence-corrected chi connectivity index (χ0v) is 11.5. The van der Waals surface area contributed by atoms with Gasteiger partial charge in [-0.1, -0.05) is 13.8 Å². The van der Waals surface area contributed by atoms with Crippen molar-refractivity contribution in [3.63, 3.8) is 0 Å². The second kappa shape index (κ2) is 6.54. The van der Waals surface area contributed by atoms with Gasteiger partial charge < -0.3 is 15.6 Å². The maximum atomic E-state index is 11.9. The number of carbonyl (C=O) groups excluding carboxylic acids is 1. The first-order chi connectivity index (χ1) is 8.45. The molecule has 1 rings (SSSR count). The molecule has 0 aromatic carbocycles. The molecule has 1 amide bonds. The molecule has 0 saturated heterocycles. The number of rotatable bonds is 7. The monoisotopic (exact) mass is 252 g/mol. The Labute approximate surface area is 109 Å². The van der Waals surface area contributed by atoms with Crippen molar-refractivity contribution in [1.82, 2.24) is 14.9 Å². The lowest BCUT2D eigenvalue weighted by Gasteiger charge is -2.31. The van der Waals surface area contributed by atoms with Crippen molar-refractivity contribution in [3.05, 3.63) is 18.7 Å². The normalized spacial score (nSPS) is 14.5. The molecule has 102 valence electrons. The van der Waals surface area contributed by atoms with Crippen molar-refractivity contribution in [1.29, 1.82) is 0 Å². The quantitative estimate of drug-likeness (QED) is 0.764. The van der Waals surface area contributed by atoms with Crippen molar-refractivity contribution < 1.29 is 4.79 Å². The summed E-state index contributed by atoms with van der Waals surface area (Å²) in [6.07, 6.45) is 6.61. The van der Waals surface area contributed by atoms with E-state index in [0.29, 0.717) is 25.4 Å². The summed E-state index contributed by atoms with van der Waals surface area (Å²) in [6.45, 7) is 7.37. The third kappa shape index (κ3) is 4.87. The van der Waals surface area contributed by atoms with Crippen LogP contribution in [0.2, 0.25) is 0 Å². The van der Waals surface area contributed by atoms with E-state index in [4.69, 9.17) is 5.73 Å². The predicted octanol–water partition coefficient (Wildman–Crippen LogP) is 1.15. The van der Waals surface area contributed by atoms with Crippen LogP contribution in [0.25, 0.3) is 0 Å². The number of hydrogen-bond acceptors (Lipinski definition) is 3. The first-order valence-electron chi connectivity index (χ1n) is 6.42. The van der Waals surface area contributed by atoms with Gasteiger partial charge in [-0.25, -0.2) is 4.98 Å². The first-order valence-corrected chi connectivity index (χ1v) is 6.42. The molecule has 1 aromatic heterocycles. The number of hydrogen-bond donors (Lipinski definition) is 2. The molecule has 0 aliphatic heterocycles. The fourth-order valence-corrected chi connectivity index (χ4v) is 2.14. The Balaban J connectivity index is 2.42. The highest BCUT2D eigenvalue weighted by Gasteiger charge is 2.25. The number of imidazole rings is 1. The molecule has 0 aliphatic carbocycles. The molecule has 1 atom stereocenters. The van der Waals surface area contributed by atoms with Crippen molar-refractivity contribution >= 4 is 5.91 Å². The van der Waals surface area contributed by atoms with Gasteiger partial charge in [-0.2, -0.15) is 0 Å². The predicted molar refractivity (Wildman–Crippen MR) is 71.9 cm³/mol. The summed E-state index contributed by atoms with van der Waals surface area (Å²) in [4.78, 5) is 15.8. The summed E-state index contributed by atoms with van der Waals surface area (Å²) in [6, 6.07) is 0. The summed E-state index contributed by atoms with van der Waals surface area (Å²) in [5.74, 6) is 0.546. The van der Waals surface area contributed by atoms with E-state index in [1.807, 2.05) is 17.7 Å². The second-order valence-corrected chi connectivity index (χ2v) is 5.46. The number of nitrogens with two attached hydrogens (primary N) is 1. The average molecular weight is 252 g/mol. The minimum absolute atomic E-state index is 0.0392. The van der Waals surface area contributed by atoms with Gasteiger partial charge in [-0.05, 0) is 19.3 Å². The number of carbonyl (C=O) groups is 1. The van der Waals surface area contributed by atoms with Crippen LogP contribution in [-0.4, -0.2) is 27.5 Å². The second-order valence-electron chi connectivity index (χ2n) is 5.46. The van der Waals surface area contributed by atoms with Crippen molar-refractivity contribution in [3.8, 4) is 0 Å².